The molecule has 2 aromatic carbocycles. The van der Waals surface area contributed by atoms with E-state index in [-0.39, 0.29) is 0 Å². The molecule has 2 aromatic rings. The largest absolute Gasteiger partial charge is 0.497 e. The van der Waals surface area contributed by atoms with E-state index >= 15 is 0 Å². The monoisotopic (exact) mass is 242 g/mol. The van der Waals surface area contributed by atoms with E-state index in [2.05, 4.69) is 44.2 Å². The summed E-state index contributed by atoms with van der Waals surface area (Å²) in [4.78, 5) is 0. The van der Waals surface area contributed by atoms with Crippen molar-refractivity contribution in [3.05, 3.63) is 53.6 Å². The van der Waals surface area contributed by atoms with Crippen molar-refractivity contribution in [3.8, 4) is 16.9 Å². The molecule has 0 amide bonds. The number of aryl methyl sites for hydroxylation is 2. The SMILES string of the molecule is CC.COc1cccc(-c2cc(C)ccc2C)c1. The molecule has 1 nitrogen and oxygen atoms in total. The summed E-state index contributed by atoms with van der Waals surface area (Å²) in [5.41, 5.74) is 5.06. The lowest BCUT2D eigenvalue weighted by atomic mass is 9.98. The molecular weight excluding hydrogens is 220 g/mol. The summed E-state index contributed by atoms with van der Waals surface area (Å²) < 4.78 is 5.25. The van der Waals surface area contributed by atoms with E-state index in [0.717, 1.165) is 5.75 Å². The first kappa shape index (κ1) is 14.3. The third kappa shape index (κ3) is 3.36. The Morgan fingerprint density at radius 2 is 1.61 bits per heavy atom. The second-order valence-corrected chi connectivity index (χ2v) is 4.05. The lowest BCUT2D eigenvalue weighted by molar-refractivity contribution is 0.415. The summed E-state index contributed by atoms with van der Waals surface area (Å²) in [6.07, 6.45) is 0. The predicted molar refractivity (Wildman–Crippen MR) is 79.3 cm³/mol. The first-order chi connectivity index (χ1) is 8.70. The third-order valence-electron chi connectivity index (χ3n) is 2.77. The molecule has 0 saturated heterocycles. The van der Waals surface area contributed by atoms with Crippen molar-refractivity contribution >= 4 is 0 Å². The normalized spacial score (nSPS) is 9.39. The van der Waals surface area contributed by atoms with E-state index < -0.39 is 0 Å². The molecule has 0 aliphatic heterocycles. The highest BCUT2D eigenvalue weighted by Crippen LogP contribution is 2.27. The molecule has 0 saturated carbocycles. The Morgan fingerprint density at radius 1 is 0.889 bits per heavy atom. The predicted octanol–water partition coefficient (Wildman–Crippen LogP) is 5.01. The molecule has 0 aliphatic rings. The molecule has 0 aromatic heterocycles. The minimum Gasteiger partial charge on any atom is -0.497 e. The number of benzene rings is 2. The highest BCUT2D eigenvalue weighted by molar-refractivity contribution is 5.69. The molecule has 96 valence electrons. The molecule has 0 spiro atoms. The van der Waals surface area contributed by atoms with Crippen molar-refractivity contribution in [1.82, 2.24) is 0 Å². The Hall–Kier alpha value is -1.76. The molecular formula is C17H22O. The second kappa shape index (κ2) is 6.85. The Kier molecular flexibility index (Phi) is 5.44. The van der Waals surface area contributed by atoms with Crippen molar-refractivity contribution in [3.63, 3.8) is 0 Å². The van der Waals surface area contributed by atoms with Gasteiger partial charge in [0.05, 0.1) is 7.11 Å². The van der Waals surface area contributed by atoms with E-state index in [9.17, 15) is 0 Å². The third-order valence-corrected chi connectivity index (χ3v) is 2.77. The smallest absolute Gasteiger partial charge is 0.119 e. The maximum Gasteiger partial charge on any atom is 0.119 e. The number of ether oxygens (including phenoxy) is 1. The zero-order chi connectivity index (χ0) is 13.5. The number of hydrogen-bond donors (Lipinski definition) is 0. The van der Waals surface area contributed by atoms with Crippen LogP contribution >= 0.6 is 0 Å². The van der Waals surface area contributed by atoms with Gasteiger partial charge in [0.15, 0.2) is 0 Å². The van der Waals surface area contributed by atoms with Crippen molar-refractivity contribution < 1.29 is 4.74 Å². The van der Waals surface area contributed by atoms with Gasteiger partial charge in [-0.15, -0.1) is 0 Å². The average molecular weight is 242 g/mol. The molecule has 0 aliphatic carbocycles. The van der Waals surface area contributed by atoms with Gasteiger partial charge in [-0.05, 0) is 42.7 Å². The minimum atomic E-state index is 0.901. The Bertz CT molecular complexity index is 501. The van der Waals surface area contributed by atoms with Gasteiger partial charge in [0, 0.05) is 0 Å². The van der Waals surface area contributed by atoms with Crippen LogP contribution in [-0.2, 0) is 0 Å². The molecule has 18 heavy (non-hydrogen) atoms. The molecule has 0 heterocycles. The van der Waals surface area contributed by atoms with Crippen LogP contribution in [-0.4, -0.2) is 7.11 Å². The topological polar surface area (TPSA) is 9.23 Å². The Morgan fingerprint density at radius 3 is 2.28 bits per heavy atom. The zero-order valence-electron chi connectivity index (χ0n) is 11.9. The summed E-state index contributed by atoms with van der Waals surface area (Å²) in [5, 5.41) is 0. The van der Waals surface area contributed by atoms with Gasteiger partial charge in [-0.25, -0.2) is 0 Å². The second-order valence-electron chi connectivity index (χ2n) is 4.05. The van der Waals surface area contributed by atoms with E-state index in [4.69, 9.17) is 4.74 Å². The Labute approximate surface area is 110 Å². The van der Waals surface area contributed by atoms with Crippen molar-refractivity contribution in [1.29, 1.82) is 0 Å². The van der Waals surface area contributed by atoms with Crippen LogP contribution in [0.5, 0.6) is 5.75 Å². The van der Waals surface area contributed by atoms with Crippen LogP contribution in [0, 0.1) is 13.8 Å². The first-order valence-corrected chi connectivity index (χ1v) is 6.42. The fourth-order valence-corrected chi connectivity index (χ4v) is 1.84. The van der Waals surface area contributed by atoms with Gasteiger partial charge in [-0.1, -0.05) is 49.7 Å². The van der Waals surface area contributed by atoms with Crippen molar-refractivity contribution in [2.45, 2.75) is 27.7 Å². The van der Waals surface area contributed by atoms with Crippen molar-refractivity contribution in [2.24, 2.45) is 0 Å². The van der Waals surface area contributed by atoms with Gasteiger partial charge in [0.25, 0.3) is 0 Å². The Balaban J connectivity index is 0.000000771. The van der Waals surface area contributed by atoms with Crippen LogP contribution in [0.3, 0.4) is 0 Å². The van der Waals surface area contributed by atoms with Gasteiger partial charge in [-0.2, -0.15) is 0 Å². The molecule has 0 unspecified atom stereocenters. The summed E-state index contributed by atoms with van der Waals surface area (Å²) >= 11 is 0. The van der Waals surface area contributed by atoms with E-state index in [1.54, 1.807) is 7.11 Å². The minimum absolute atomic E-state index is 0.901. The summed E-state index contributed by atoms with van der Waals surface area (Å²) in [7, 11) is 1.70. The average Bonchev–Trinajstić information content (AvgIpc) is 2.44. The van der Waals surface area contributed by atoms with Gasteiger partial charge in [-0.3, -0.25) is 0 Å². The zero-order valence-corrected chi connectivity index (χ0v) is 11.9. The van der Waals surface area contributed by atoms with E-state index in [1.165, 1.54) is 22.3 Å². The summed E-state index contributed by atoms with van der Waals surface area (Å²) in [6.45, 7) is 8.25. The molecule has 0 atom stereocenters. The lowest BCUT2D eigenvalue weighted by Gasteiger charge is -2.08. The van der Waals surface area contributed by atoms with Crippen LogP contribution in [0.4, 0.5) is 0 Å². The van der Waals surface area contributed by atoms with Crippen LogP contribution in [0.1, 0.15) is 25.0 Å². The first-order valence-electron chi connectivity index (χ1n) is 6.42. The summed E-state index contributed by atoms with van der Waals surface area (Å²) in [6, 6.07) is 14.7. The van der Waals surface area contributed by atoms with Crippen LogP contribution in [0.2, 0.25) is 0 Å². The van der Waals surface area contributed by atoms with Gasteiger partial charge in [0.1, 0.15) is 5.75 Å². The molecule has 1 heteroatoms. The van der Waals surface area contributed by atoms with Crippen LogP contribution < -0.4 is 4.74 Å². The maximum atomic E-state index is 5.25. The molecule has 0 radical (unpaired) electrons. The molecule has 0 bridgehead atoms. The summed E-state index contributed by atoms with van der Waals surface area (Å²) in [5.74, 6) is 0.901. The lowest BCUT2D eigenvalue weighted by Crippen LogP contribution is -1.87. The number of methoxy groups -OCH3 is 1. The maximum absolute atomic E-state index is 5.25. The number of hydrogen-bond acceptors (Lipinski definition) is 1. The highest BCUT2D eigenvalue weighted by Gasteiger charge is 2.03. The van der Waals surface area contributed by atoms with Gasteiger partial charge < -0.3 is 4.74 Å². The fraction of sp³-hybridized carbons (Fsp3) is 0.294. The van der Waals surface area contributed by atoms with Gasteiger partial charge in [0.2, 0.25) is 0 Å². The molecule has 0 N–H and O–H groups in total. The van der Waals surface area contributed by atoms with Crippen LogP contribution in [0.25, 0.3) is 11.1 Å². The standard InChI is InChI=1S/C15H16O.C2H6/c1-11-7-8-12(2)15(9-11)13-5-4-6-14(10-13)16-3;1-2/h4-10H,1-3H3;1-2H3. The molecule has 0 fully saturated rings. The van der Waals surface area contributed by atoms with E-state index in [0.29, 0.717) is 0 Å². The van der Waals surface area contributed by atoms with Gasteiger partial charge >= 0.3 is 0 Å². The van der Waals surface area contributed by atoms with Crippen molar-refractivity contribution in [2.75, 3.05) is 7.11 Å². The number of rotatable bonds is 2. The van der Waals surface area contributed by atoms with Crippen LogP contribution in [0.15, 0.2) is 42.5 Å². The van der Waals surface area contributed by atoms with E-state index in [1.807, 2.05) is 26.0 Å². The fourth-order valence-electron chi connectivity index (χ4n) is 1.84. The quantitative estimate of drug-likeness (QED) is 0.719. The molecule has 2 rings (SSSR count). The highest BCUT2D eigenvalue weighted by atomic mass is 16.5.